The van der Waals surface area contributed by atoms with Gasteiger partial charge in [0, 0.05) is 6.04 Å². The molecule has 0 saturated heterocycles. The fourth-order valence-electron chi connectivity index (χ4n) is 2.85. The molecule has 1 aliphatic rings. The Balaban J connectivity index is 1.54. The predicted octanol–water partition coefficient (Wildman–Crippen LogP) is 2.91. The number of rotatable bonds is 3. The van der Waals surface area contributed by atoms with Crippen molar-refractivity contribution >= 4 is 34.3 Å². The van der Waals surface area contributed by atoms with Gasteiger partial charge in [0.1, 0.15) is 17.6 Å². The summed E-state index contributed by atoms with van der Waals surface area (Å²) < 4.78 is 4.84. The van der Waals surface area contributed by atoms with Crippen LogP contribution in [0.25, 0.3) is 22.4 Å². The third-order valence-electron chi connectivity index (χ3n) is 4.07. The van der Waals surface area contributed by atoms with Gasteiger partial charge in [-0.15, -0.1) is 0 Å². The van der Waals surface area contributed by atoms with Gasteiger partial charge in [-0.2, -0.15) is 0 Å². The van der Waals surface area contributed by atoms with Crippen molar-refractivity contribution in [3.05, 3.63) is 30.8 Å². The van der Waals surface area contributed by atoms with Gasteiger partial charge in [0.2, 0.25) is 0 Å². The van der Waals surface area contributed by atoms with Gasteiger partial charge in [0.25, 0.3) is 0 Å². The molecule has 0 unspecified atom stereocenters. The van der Waals surface area contributed by atoms with Crippen LogP contribution in [0, 0.1) is 0 Å². The molecule has 3 aromatic heterocycles. The maximum absolute atomic E-state index is 5.37. The first kappa shape index (κ1) is 14.9. The molecule has 1 fully saturated rings. The highest BCUT2D eigenvalue weighted by Crippen LogP contribution is 2.19. The van der Waals surface area contributed by atoms with Crippen LogP contribution in [0.5, 0.6) is 0 Å². The lowest BCUT2D eigenvalue weighted by atomic mass is 10.2. The van der Waals surface area contributed by atoms with Crippen molar-refractivity contribution in [1.29, 1.82) is 0 Å². The summed E-state index contributed by atoms with van der Waals surface area (Å²) in [5, 5.41) is 10.7. The van der Waals surface area contributed by atoms with Crippen LogP contribution >= 0.6 is 12.2 Å². The predicted molar refractivity (Wildman–Crippen MR) is 94.4 cm³/mol. The van der Waals surface area contributed by atoms with Crippen molar-refractivity contribution in [3.8, 4) is 11.3 Å². The van der Waals surface area contributed by atoms with Gasteiger partial charge in [0.05, 0.1) is 23.7 Å². The molecule has 24 heavy (non-hydrogen) atoms. The van der Waals surface area contributed by atoms with E-state index in [1.807, 2.05) is 12.1 Å². The number of aromatic nitrogens is 4. The van der Waals surface area contributed by atoms with E-state index in [0.717, 1.165) is 11.1 Å². The van der Waals surface area contributed by atoms with Crippen LogP contribution in [-0.2, 0) is 0 Å². The Morgan fingerprint density at radius 2 is 2.04 bits per heavy atom. The monoisotopic (exact) mass is 340 g/mol. The Morgan fingerprint density at radius 1 is 1.17 bits per heavy atom. The van der Waals surface area contributed by atoms with E-state index in [2.05, 4.69) is 30.7 Å². The molecule has 0 amide bonds. The Kier molecular flexibility index (Phi) is 4.04. The normalized spacial score (nSPS) is 14.8. The van der Waals surface area contributed by atoms with E-state index in [4.69, 9.17) is 16.7 Å². The van der Waals surface area contributed by atoms with Crippen LogP contribution in [0.3, 0.4) is 0 Å². The van der Waals surface area contributed by atoms with Crippen LogP contribution in [0.2, 0.25) is 0 Å². The quantitative estimate of drug-likeness (QED) is 0.704. The molecule has 1 aliphatic carbocycles. The molecule has 1 saturated carbocycles. The van der Waals surface area contributed by atoms with E-state index >= 15 is 0 Å². The molecule has 0 atom stereocenters. The molecule has 122 valence electrons. The van der Waals surface area contributed by atoms with Gasteiger partial charge >= 0.3 is 0 Å². The van der Waals surface area contributed by atoms with Gasteiger partial charge < -0.3 is 15.2 Å². The highest BCUT2D eigenvalue weighted by molar-refractivity contribution is 7.80. The summed E-state index contributed by atoms with van der Waals surface area (Å²) in [6.45, 7) is 0. The Morgan fingerprint density at radius 3 is 2.83 bits per heavy atom. The number of anilines is 1. The van der Waals surface area contributed by atoms with Crippen molar-refractivity contribution in [1.82, 2.24) is 25.4 Å². The van der Waals surface area contributed by atoms with Gasteiger partial charge in [-0.25, -0.2) is 9.97 Å². The molecule has 0 bridgehead atoms. The van der Waals surface area contributed by atoms with Crippen LogP contribution in [0.4, 0.5) is 5.82 Å². The fraction of sp³-hybridized carbons (Fsp3) is 0.312. The first-order chi connectivity index (χ1) is 11.8. The molecular formula is C16H16N6OS. The maximum Gasteiger partial charge on any atom is 0.180 e. The van der Waals surface area contributed by atoms with Crippen LogP contribution in [0.15, 0.2) is 35.3 Å². The van der Waals surface area contributed by atoms with Gasteiger partial charge in [-0.1, -0.05) is 18.0 Å². The molecule has 7 nitrogen and oxygen atoms in total. The number of nitrogens with zero attached hydrogens (tertiary/aromatic N) is 4. The summed E-state index contributed by atoms with van der Waals surface area (Å²) in [5.74, 6) is 0.648. The van der Waals surface area contributed by atoms with Crippen molar-refractivity contribution in [2.24, 2.45) is 0 Å². The largest absolute Gasteiger partial charge is 0.364 e. The lowest BCUT2D eigenvalue weighted by Gasteiger charge is -2.15. The second kappa shape index (κ2) is 6.48. The number of pyridine rings is 1. The Hall–Kier alpha value is -2.61. The highest BCUT2D eigenvalue weighted by atomic mass is 32.1. The second-order valence-corrected chi connectivity index (χ2v) is 6.20. The highest BCUT2D eigenvalue weighted by Gasteiger charge is 2.15. The molecule has 4 rings (SSSR count). The first-order valence-corrected chi connectivity index (χ1v) is 8.30. The summed E-state index contributed by atoms with van der Waals surface area (Å²) in [4.78, 5) is 13.4. The van der Waals surface area contributed by atoms with E-state index in [-0.39, 0.29) is 0 Å². The topological polar surface area (TPSA) is 88.8 Å². The lowest BCUT2D eigenvalue weighted by Crippen LogP contribution is -2.36. The number of thiocarbonyl (C=S) groups is 1. The molecule has 3 heterocycles. The maximum atomic E-state index is 5.37. The minimum Gasteiger partial charge on any atom is -0.364 e. The van der Waals surface area contributed by atoms with Gasteiger partial charge in [0.15, 0.2) is 10.8 Å². The van der Waals surface area contributed by atoms with Crippen molar-refractivity contribution < 1.29 is 4.52 Å². The van der Waals surface area contributed by atoms with E-state index < -0.39 is 0 Å². The van der Waals surface area contributed by atoms with Crippen LogP contribution in [-0.4, -0.2) is 31.3 Å². The molecule has 2 N–H and O–H groups in total. The number of nitrogens with one attached hydrogen (secondary N) is 2. The SMILES string of the molecule is S=C(Nc1ccc2ncc(-c3cnoc3)nc2n1)NC1CCCC1. The molecular weight excluding hydrogens is 324 g/mol. The van der Waals surface area contributed by atoms with E-state index in [0.29, 0.717) is 28.3 Å². The van der Waals surface area contributed by atoms with Crippen molar-refractivity contribution in [2.75, 3.05) is 5.32 Å². The standard InChI is InChI=1S/C16H16N6OS/c24-16(19-11-3-1-2-4-11)22-14-6-5-12-15(21-14)20-13(8-17-12)10-7-18-23-9-10/h5-9,11H,1-4H2,(H2,19,20,21,22,24). The third kappa shape index (κ3) is 3.18. The molecule has 0 aliphatic heterocycles. The molecule has 0 radical (unpaired) electrons. The fourth-order valence-corrected chi connectivity index (χ4v) is 3.12. The van der Waals surface area contributed by atoms with Crippen LogP contribution < -0.4 is 10.6 Å². The number of hydrogen-bond acceptors (Lipinski definition) is 6. The zero-order chi connectivity index (χ0) is 16.4. The molecule has 8 heteroatoms. The summed E-state index contributed by atoms with van der Waals surface area (Å²) in [6, 6.07) is 4.18. The zero-order valence-corrected chi connectivity index (χ0v) is 13.7. The number of fused-ring (bicyclic) bond motifs is 1. The molecule has 0 aromatic carbocycles. The molecule has 0 spiro atoms. The number of hydrogen-bond donors (Lipinski definition) is 2. The average Bonchev–Trinajstić information content (AvgIpc) is 3.27. The van der Waals surface area contributed by atoms with Crippen LogP contribution in [0.1, 0.15) is 25.7 Å². The van der Waals surface area contributed by atoms with Crippen molar-refractivity contribution in [2.45, 2.75) is 31.7 Å². The lowest BCUT2D eigenvalue weighted by molar-refractivity contribution is 0.420. The summed E-state index contributed by atoms with van der Waals surface area (Å²) >= 11 is 5.37. The smallest absolute Gasteiger partial charge is 0.180 e. The van der Waals surface area contributed by atoms with E-state index in [1.54, 1.807) is 12.4 Å². The van der Waals surface area contributed by atoms with E-state index in [9.17, 15) is 0 Å². The van der Waals surface area contributed by atoms with Crippen molar-refractivity contribution in [3.63, 3.8) is 0 Å². The Labute approximate surface area is 143 Å². The van der Waals surface area contributed by atoms with Gasteiger partial charge in [-0.3, -0.25) is 4.98 Å². The first-order valence-electron chi connectivity index (χ1n) is 7.89. The average molecular weight is 340 g/mol. The minimum absolute atomic E-state index is 0.463. The summed E-state index contributed by atoms with van der Waals surface area (Å²) in [7, 11) is 0. The minimum atomic E-state index is 0.463. The molecule has 3 aromatic rings. The third-order valence-corrected chi connectivity index (χ3v) is 4.29. The van der Waals surface area contributed by atoms with E-state index in [1.165, 1.54) is 31.9 Å². The summed E-state index contributed by atoms with van der Waals surface area (Å²) in [6.07, 6.45) is 9.65. The zero-order valence-electron chi connectivity index (χ0n) is 12.9. The summed E-state index contributed by atoms with van der Waals surface area (Å²) in [5.41, 5.74) is 2.70. The second-order valence-electron chi connectivity index (χ2n) is 5.79. The Bertz CT molecular complexity index is 860. The van der Waals surface area contributed by atoms with Gasteiger partial charge in [-0.05, 0) is 37.2 Å².